The van der Waals surface area contributed by atoms with Gasteiger partial charge >= 0.3 is 13.3 Å². The van der Waals surface area contributed by atoms with E-state index in [9.17, 15) is 18.0 Å². The van der Waals surface area contributed by atoms with E-state index in [0.29, 0.717) is 5.52 Å². The van der Waals surface area contributed by atoms with Gasteiger partial charge in [0.15, 0.2) is 0 Å². The van der Waals surface area contributed by atoms with Crippen LogP contribution in [0.25, 0.3) is 10.9 Å². The molecule has 4 nitrogen and oxygen atoms in total. The Labute approximate surface area is 137 Å². The molecule has 0 amide bonds. The molecule has 1 aliphatic rings. The zero-order valence-electron chi connectivity index (χ0n) is 13.7. The van der Waals surface area contributed by atoms with Crippen LogP contribution in [0.4, 0.5) is 13.2 Å². The quantitative estimate of drug-likeness (QED) is 0.813. The van der Waals surface area contributed by atoms with Gasteiger partial charge < -0.3 is 14.3 Å². The van der Waals surface area contributed by atoms with Gasteiger partial charge in [-0.3, -0.25) is 4.79 Å². The average Bonchev–Trinajstić information content (AvgIpc) is 2.64. The summed E-state index contributed by atoms with van der Waals surface area (Å²) in [5, 5.41) is 0.253. The number of alkyl halides is 3. The summed E-state index contributed by atoms with van der Waals surface area (Å²) in [6.07, 6.45) is -4.57. The molecule has 128 valence electrons. The molecule has 0 radical (unpaired) electrons. The van der Waals surface area contributed by atoms with Crippen LogP contribution in [0.5, 0.6) is 0 Å². The summed E-state index contributed by atoms with van der Waals surface area (Å²) in [6.45, 7) is 7.08. The number of halogens is 3. The minimum atomic E-state index is -4.57. The van der Waals surface area contributed by atoms with Gasteiger partial charge in [0.2, 0.25) is 5.56 Å². The first kappa shape index (κ1) is 17.0. The highest BCUT2D eigenvalue weighted by Gasteiger charge is 2.54. The predicted molar refractivity (Wildman–Crippen MR) is 85.3 cm³/mol. The molecule has 2 aromatic rings. The van der Waals surface area contributed by atoms with Gasteiger partial charge in [-0.05, 0) is 51.3 Å². The van der Waals surface area contributed by atoms with Gasteiger partial charge in [-0.15, -0.1) is 0 Å². The summed E-state index contributed by atoms with van der Waals surface area (Å²) >= 11 is 0. The lowest BCUT2D eigenvalue weighted by molar-refractivity contribution is -0.136. The summed E-state index contributed by atoms with van der Waals surface area (Å²) in [5.74, 6) is 0. The number of hydrogen-bond acceptors (Lipinski definition) is 3. The van der Waals surface area contributed by atoms with Crippen LogP contribution < -0.4 is 11.0 Å². The van der Waals surface area contributed by atoms with Crippen molar-refractivity contribution in [3.63, 3.8) is 0 Å². The van der Waals surface area contributed by atoms with Gasteiger partial charge in [0.25, 0.3) is 0 Å². The van der Waals surface area contributed by atoms with Gasteiger partial charge in [0.05, 0.1) is 16.8 Å². The molecule has 0 saturated carbocycles. The third-order valence-corrected chi connectivity index (χ3v) is 4.74. The number of benzene rings is 1. The van der Waals surface area contributed by atoms with Crippen LogP contribution in [0.3, 0.4) is 0 Å². The lowest BCUT2D eigenvalue weighted by Crippen LogP contribution is -2.41. The molecular formula is C16H17BF3NO3. The summed E-state index contributed by atoms with van der Waals surface area (Å²) < 4.78 is 52.2. The number of fused-ring (bicyclic) bond motifs is 1. The fraction of sp³-hybridized carbons (Fsp3) is 0.438. The highest BCUT2D eigenvalue weighted by molar-refractivity contribution is 6.65. The van der Waals surface area contributed by atoms with E-state index in [1.54, 1.807) is 27.7 Å². The van der Waals surface area contributed by atoms with Crippen LogP contribution >= 0.6 is 0 Å². The number of rotatable bonds is 1. The van der Waals surface area contributed by atoms with Gasteiger partial charge in [-0.2, -0.15) is 13.2 Å². The van der Waals surface area contributed by atoms with E-state index < -0.39 is 30.1 Å². The normalized spacial score (nSPS) is 19.9. The van der Waals surface area contributed by atoms with Crippen molar-refractivity contribution in [2.45, 2.75) is 45.1 Å². The number of aromatic amines is 1. The van der Waals surface area contributed by atoms with E-state index in [1.807, 2.05) is 0 Å². The van der Waals surface area contributed by atoms with Crippen molar-refractivity contribution in [3.8, 4) is 0 Å². The molecule has 1 aliphatic heterocycles. The van der Waals surface area contributed by atoms with Crippen molar-refractivity contribution in [1.29, 1.82) is 0 Å². The van der Waals surface area contributed by atoms with Crippen LogP contribution in [0.15, 0.2) is 29.1 Å². The average molecular weight is 339 g/mol. The van der Waals surface area contributed by atoms with E-state index in [0.717, 1.165) is 6.07 Å². The van der Waals surface area contributed by atoms with Crippen molar-refractivity contribution in [2.24, 2.45) is 0 Å². The van der Waals surface area contributed by atoms with Crippen molar-refractivity contribution in [3.05, 3.63) is 40.2 Å². The maximum Gasteiger partial charge on any atom is 0.496 e. The molecule has 24 heavy (non-hydrogen) atoms. The van der Waals surface area contributed by atoms with Crippen molar-refractivity contribution < 1.29 is 22.5 Å². The Morgan fingerprint density at radius 2 is 1.58 bits per heavy atom. The Morgan fingerprint density at radius 1 is 1.00 bits per heavy atom. The summed E-state index contributed by atoms with van der Waals surface area (Å²) in [5.41, 5.74) is -2.58. The predicted octanol–water partition coefficient (Wildman–Crippen LogP) is 2.85. The lowest BCUT2D eigenvalue weighted by Gasteiger charge is -2.32. The third-order valence-electron chi connectivity index (χ3n) is 4.74. The highest BCUT2D eigenvalue weighted by Crippen LogP contribution is 2.39. The van der Waals surface area contributed by atoms with Gasteiger partial charge in [0.1, 0.15) is 0 Å². The van der Waals surface area contributed by atoms with Gasteiger partial charge in [-0.25, -0.2) is 0 Å². The first-order valence-electron chi connectivity index (χ1n) is 7.51. The minimum absolute atomic E-state index is 0.116. The third kappa shape index (κ3) is 2.63. The number of aromatic nitrogens is 1. The van der Waals surface area contributed by atoms with E-state index in [4.69, 9.17) is 9.31 Å². The summed E-state index contributed by atoms with van der Waals surface area (Å²) in [6, 6.07) is 4.74. The molecule has 0 spiro atoms. The summed E-state index contributed by atoms with van der Waals surface area (Å²) in [4.78, 5) is 14.0. The van der Waals surface area contributed by atoms with Crippen molar-refractivity contribution in [1.82, 2.24) is 4.98 Å². The first-order valence-corrected chi connectivity index (χ1v) is 7.51. The topological polar surface area (TPSA) is 51.3 Å². The van der Waals surface area contributed by atoms with E-state index in [2.05, 4.69) is 4.98 Å². The Morgan fingerprint density at radius 3 is 2.12 bits per heavy atom. The Kier molecular flexibility index (Phi) is 3.62. The molecular weight excluding hydrogens is 322 g/mol. The Balaban J connectivity index is 2.27. The maximum absolute atomic E-state index is 13.5. The fourth-order valence-electron chi connectivity index (χ4n) is 2.72. The van der Waals surface area contributed by atoms with Crippen molar-refractivity contribution in [2.75, 3.05) is 0 Å². The number of hydrogen-bond donors (Lipinski definition) is 1. The van der Waals surface area contributed by atoms with Crippen LogP contribution in [0.1, 0.15) is 33.3 Å². The molecule has 2 heterocycles. The van der Waals surface area contributed by atoms with Crippen LogP contribution in [-0.4, -0.2) is 23.3 Å². The van der Waals surface area contributed by atoms with Crippen LogP contribution in [0, 0.1) is 0 Å². The van der Waals surface area contributed by atoms with Crippen LogP contribution in [0.2, 0.25) is 0 Å². The zero-order valence-corrected chi connectivity index (χ0v) is 13.7. The molecule has 1 aromatic carbocycles. The largest absolute Gasteiger partial charge is 0.496 e. The fourth-order valence-corrected chi connectivity index (χ4v) is 2.72. The molecule has 1 aromatic heterocycles. The van der Waals surface area contributed by atoms with Gasteiger partial charge in [-0.1, -0.05) is 0 Å². The second-order valence-corrected chi connectivity index (χ2v) is 6.90. The smallest absolute Gasteiger partial charge is 0.399 e. The Bertz CT molecular complexity index is 842. The zero-order chi connectivity index (χ0) is 17.9. The molecule has 1 saturated heterocycles. The highest BCUT2D eigenvalue weighted by atomic mass is 19.4. The first-order chi connectivity index (χ1) is 10.9. The van der Waals surface area contributed by atoms with E-state index in [1.165, 1.54) is 18.2 Å². The van der Waals surface area contributed by atoms with Gasteiger partial charge in [0, 0.05) is 17.0 Å². The Hall–Kier alpha value is -1.80. The SMILES string of the molecule is CC1(C)OB(c2c(C(F)(F)F)ccc3[nH]c(=O)ccc23)OC1(C)C. The molecule has 0 unspecified atom stereocenters. The second kappa shape index (κ2) is 5.10. The maximum atomic E-state index is 13.5. The molecule has 0 atom stereocenters. The van der Waals surface area contributed by atoms with E-state index in [-0.39, 0.29) is 16.4 Å². The number of H-pyrrole nitrogens is 1. The number of nitrogens with one attached hydrogen (secondary N) is 1. The molecule has 3 rings (SSSR count). The van der Waals surface area contributed by atoms with E-state index >= 15 is 0 Å². The van der Waals surface area contributed by atoms with Crippen molar-refractivity contribution >= 4 is 23.5 Å². The van der Waals surface area contributed by atoms with Crippen LogP contribution in [-0.2, 0) is 15.5 Å². The monoisotopic (exact) mass is 339 g/mol. The molecule has 0 bridgehead atoms. The standard InChI is InChI=1S/C16H17BF3NO3/c1-14(2)15(3,4)24-17(23-14)13-9-5-8-12(22)21-11(9)7-6-10(13)16(18,19)20/h5-8H,1-4H3,(H,21,22). The molecule has 1 fully saturated rings. The molecule has 1 N–H and O–H groups in total. The lowest BCUT2D eigenvalue weighted by atomic mass is 9.73. The number of pyridine rings is 1. The molecule has 8 heteroatoms. The minimum Gasteiger partial charge on any atom is -0.399 e. The molecule has 0 aliphatic carbocycles. The second-order valence-electron chi connectivity index (χ2n) is 6.90. The summed E-state index contributed by atoms with van der Waals surface area (Å²) in [7, 11) is -1.18.